The number of carboxylic acids is 1. The standard InChI is InChI=1S/C11H12N4O7S/c1-23(21,22)9(12)5-2-4(15(19)20)3-6-7(5)14-8(11(17)18)10(16)13-6/h2-3,8-9,14H,12H2,1H3,(H,13,16)(H,17,18). The van der Waals surface area contributed by atoms with E-state index >= 15 is 0 Å². The Morgan fingerprint density at radius 2 is 2.09 bits per heavy atom. The molecule has 12 heteroatoms. The fourth-order valence-electron chi connectivity index (χ4n) is 2.06. The lowest BCUT2D eigenvalue weighted by molar-refractivity contribution is -0.384. The highest BCUT2D eigenvalue weighted by molar-refractivity contribution is 7.90. The number of nitrogens with one attached hydrogen (secondary N) is 2. The van der Waals surface area contributed by atoms with Crippen LogP contribution in [0.15, 0.2) is 12.1 Å². The van der Waals surface area contributed by atoms with Crippen molar-refractivity contribution in [3.05, 3.63) is 27.8 Å². The second-order valence-electron chi connectivity index (χ2n) is 4.87. The predicted octanol–water partition coefficient (Wildman–Crippen LogP) is -0.586. The van der Waals surface area contributed by atoms with Crippen LogP contribution >= 0.6 is 0 Å². The first-order chi connectivity index (χ1) is 10.5. The number of nitro benzene ring substituents is 1. The van der Waals surface area contributed by atoms with Gasteiger partial charge in [-0.3, -0.25) is 14.9 Å². The first-order valence-corrected chi connectivity index (χ1v) is 8.05. The van der Waals surface area contributed by atoms with Gasteiger partial charge in [-0.15, -0.1) is 0 Å². The van der Waals surface area contributed by atoms with Crippen LogP contribution in [0.2, 0.25) is 0 Å². The molecule has 0 saturated heterocycles. The number of aliphatic carboxylic acids is 1. The molecule has 1 amide bonds. The van der Waals surface area contributed by atoms with Crippen LogP contribution < -0.4 is 16.4 Å². The SMILES string of the molecule is CS(=O)(=O)C(N)c1cc([N+](=O)[O-])cc2c1NC(C(=O)O)C(=O)N2. The molecule has 2 rings (SSSR count). The van der Waals surface area contributed by atoms with Crippen LogP contribution in [-0.2, 0) is 19.4 Å². The third kappa shape index (κ3) is 3.07. The quantitative estimate of drug-likeness (QED) is 0.315. The minimum atomic E-state index is -3.83. The topological polar surface area (TPSA) is 182 Å². The summed E-state index contributed by atoms with van der Waals surface area (Å²) in [5.74, 6) is -2.44. The van der Waals surface area contributed by atoms with Crippen molar-refractivity contribution in [2.45, 2.75) is 11.4 Å². The molecule has 23 heavy (non-hydrogen) atoms. The second-order valence-corrected chi connectivity index (χ2v) is 7.04. The van der Waals surface area contributed by atoms with Crippen molar-refractivity contribution in [1.82, 2.24) is 0 Å². The summed E-state index contributed by atoms with van der Waals surface area (Å²) < 4.78 is 23.3. The summed E-state index contributed by atoms with van der Waals surface area (Å²) in [4.78, 5) is 32.9. The Bertz CT molecular complexity index is 820. The normalized spacial score (nSPS) is 18.3. The van der Waals surface area contributed by atoms with Crippen molar-refractivity contribution in [3.63, 3.8) is 0 Å². The van der Waals surface area contributed by atoms with Gasteiger partial charge in [0.05, 0.1) is 16.3 Å². The van der Waals surface area contributed by atoms with Crippen molar-refractivity contribution in [2.24, 2.45) is 5.73 Å². The number of carbonyl (C=O) groups is 2. The number of anilines is 2. The Balaban J connectivity index is 2.69. The first-order valence-electron chi connectivity index (χ1n) is 6.09. The van der Waals surface area contributed by atoms with Gasteiger partial charge in [0.1, 0.15) is 5.37 Å². The molecule has 2 unspecified atom stereocenters. The smallest absolute Gasteiger partial charge is 0.336 e. The van der Waals surface area contributed by atoms with Gasteiger partial charge in [0.25, 0.3) is 11.6 Å². The molecule has 1 heterocycles. The molecule has 1 aliphatic rings. The number of amides is 1. The Morgan fingerprint density at radius 3 is 2.57 bits per heavy atom. The summed E-state index contributed by atoms with van der Waals surface area (Å²) in [6.45, 7) is 0. The average molecular weight is 344 g/mol. The van der Waals surface area contributed by atoms with Crippen LogP contribution in [0.25, 0.3) is 0 Å². The molecule has 0 aromatic heterocycles. The Hall–Kier alpha value is -2.73. The number of nitrogens with two attached hydrogens (primary N) is 1. The molecule has 5 N–H and O–H groups in total. The van der Waals surface area contributed by atoms with Crippen molar-refractivity contribution >= 4 is 38.8 Å². The van der Waals surface area contributed by atoms with Gasteiger partial charge in [-0.25, -0.2) is 13.2 Å². The molecule has 2 atom stereocenters. The number of nitrogens with zero attached hydrogens (tertiary/aromatic N) is 1. The van der Waals surface area contributed by atoms with Gasteiger partial charge in [0, 0.05) is 24.0 Å². The van der Waals surface area contributed by atoms with Gasteiger partial charge in [0.2, 0.25) is 6.04 Å². The minimum absolute atomic E-state index is 0.0828. The zero-order valence-electron chi connectivity index (χ0n) is 11.6. The highest BCUT2D eigenvalue weighted by Crippen LogP contribution is 2.38. The molecule has 0 aliphatic carbocycles. The zero-order chi connectivity index (χ0) is 17.5. The maximum Gasteiger partial charge on any atom is 0.336 e. The molecular formula is C11H12N4O7S. The van der Waals surface area contributed by atoms with E-state index in [1.54, 1.807) is 0 Å². The van der Waals surface area contributed by atoms with Crippen molar-refractivity contribution < 1.29 is 28.0 Å². The van der Waals surface area contributed by atoms with Crippen LogP contribution in [0, 0.1) is 10.1 Å². The highest BCUT2D eigenvalue weighted by atomic mass is 32.2. The van der Waals surface area contributed by atoms with E-state index in [1.165, 1.54) is 0 Å². The number of benzene rings is 1. The molecule has 1 aromatic rings. The van der Waals surface area contributed by atoms with Crippen LogP contribution in [0.4, 0.5) is 17.1 Å². The molecule has 124 valence electrons. The van der Waals surface area contributed by atoms with E-state index in [1.807, 2.05) is 0 Å². The fraction of sp³-hybridized carbons (Fsp3) is 0.273. The molecule has 0 saturated carbocycles. The molecule has 0 spiro atoms. The van der Waals surface area contributed by atoms with E-state index in [2.05, 4.69) is 10.6 Å². The molecule has 0 fully saturated rings. The van der Waals surface area contributed by atoms with Gasteiger partial charge in [-0.2, -0.15) is 0 Å². The van der Waals surface area contributed by atoms with Gasteiger partial charge in [0.15, 0.2) is 9.84 Å². The van der Waals surface area contributed by atoms with Crippen molar-refractivity contribution in [3.8, 4) is 0 Å². The third-order valence-corrected chi connectivity index (χ3v) is 4.36. The summed E-state index contributed by atoms with van der Waals surface area (Å²) in [6, 6.07) is 0.236. The molecular weight excluding hydrogens is 332 g/mol. The first kappa shape index (κ1) is 16.6. The van der Waals surface area contributed by atoms with Gasteiger partial charge >= 0.3 is 5.97 Å². The number of carboxylic acid groups (broad SMARTS) is 1. The molecule has 0 bridgehead atoms. The van der Waals surface area contributed by atoms with Gasteiger partial charge < -0.3 is 21.5 Å². The van der Waals surface area contributed by atoms with Crippen LogP contribution in [0.5, 0.6) is 0 Å². The number of hydrogen-bond acceptors (Lipinski definition) is 8. The summed E-state index contributed by atoms with van der Waals surface area (Å²) >= 11 is 0. The van der Waals surface area contributed by atoms with Crippen molar-refractivity contribution in [2.75, 3.05) is 16.9 Å². The summed E-state index contributed by atoms with van der Waals surface area (Å²) in [5, 5.41) is 22.9. The van der Waals surface area contributed by atoms with Gasteiger partial charge in [-0.05, 0) is 0 Å². The number of sulfone groups is 1. The van der Waals surface area contributed by atoms with Crippen molar-refractivity contribution in [1.29, 1.82) is 0 Å². The largest absolute Gasteiger partial charge is 0.479 e. The number of non-ortho nitro benzene ring substituents is 1. The second kappa shape index (κ2) is 5.48. The summed E-state index contributed by atoms with van der Waals surface area (Å²) in [6.07, 6.45) is 0.832. The lowest BCUT2D eigenvalue weighted by atomic mass is 10.0. The Kier molecular flexibility index (Phi) is 3.96. The van der Waals surface area contributed by atoms with E-state index in [-0.39, 0.29) is 16.9 Å². The van der Waals surface area contributed by atoms with E-state index in [0.717, 1.165) is 18.4 Å². The van der Waals surface area contributed by atoms with E-state index in [9.17, 15) is 28.1 Å². The van der Waals surface area contributed by atoms with E-state index in [4.69, 9.17) is 10.8 Å². The predicted molar refractivity (Wildman–Crippen MR) is 78.5 cm³/mol. The third-order valence-electron chi connectivity index (χ3n) is 3.19. The summed E-state index contributed by atoms with van der Waals surface area (Å²) in [5.41, 5.74) is 4.72. The van der Waals surface area contributed by atoms with E-state index in [0.29, 0.717) is 0 Å². The highest BCUT2D eigenvalue weighted by Gasteiger charge is 2.36. The molecule has 11 nitrogen and oxygen atoms in total. The van der Waals surface area contributed by atoms with E-state index < -0.39 is 43.7 Å². The van der Waals surface area contributed by atoms with Crippen LogP contribution in [0.1, 0.15) is 10.9 Å². The molecule has 1 aliphatic heterocycles. The zero-order valence-corrected chi connectivity index (χ0v) is 12.5. The Labute approximate surface area is 129 Å². The fourth-order valence-corrected chi connectivity index (χ4v) is 2.70. The maximum absolute atomic E-state index is 11.7. The number of carbonyl (C=O) groups excluding carboxylic acids is 1. The number of rotatable bonds is 4. The monoisotopic (exact) mass is 344 g/mol. The number of nitro groups is 1. The summed E-state index contributed by atoms with van der Waals surface area (Å²) in [7, 11) is -3.83. The van der Waals surface area contributed by atoms with Gasteiger partial charge in [-0.1, -0.05) is 0 Å². The lowest BCUT2D eigenvalue weighted by Crippen LogP contribution is -2.45. The molecule has 1 aromatic carbocycles. The average Bonchev–Trinajstić information content (AvgIpc) is 2.42. The van der Waals surface area contributed by atoms with Crippen LogP contribution in [0.3, 0.4) is 0 Å². The maximum atomic E-state index is 11.7. The van der Waals surface area contributed by atoms with Crippen LogP contribution in [-0.4, -0.2) is 42.6 Å². The Morgan fingerprint density at radius 1 is 1.48 bits per heavy atom. The minimum Gasteiger partial charge on any atom is -0.479 e. The lowest BCUT2D eigenvalue weighted by Gasteiger charge is -2.27. The molecule has 0 radical (unpaired) electrons. The number of hydrogen-bond donors (Lipinski definition) is 4. The number of fused-ring (bicyclic) bond motifs is 1.